The van der Waals surface area contributed by atoms with Crippen molar-refractivity contribution in [2.45, 2.75) is 0 Å². The Bertz CT molecular complexity index is 1000. The van der Waals surface area contributed by atoms with Crippen LogP contribution in [0.3, 0.4) is 0 Å². The predicted octanol–water partition coefficient (Wildman–Crippen LogP) is 2.89. The van der Waals surface area contributed by atoms with Gasteiger partial charge < -0.3 is 14.6 Å². The molecule has 2 amide bonds. The van der Waals surface area contributed by atoms with Crippen molar-refractivity contribution in [2.75, 3.05) is 19.1 Å². The summed E-state index contributed by atoms with van der Waals surface area (Å²) in [5, 5.41) is 13.2. The fraction of sp³-hybridized carbons (Fsp3) is 0.105. The number of hydrogen-bond acceptors (Lipinski definition) is 6. The van der Waals surface area contributed by atoms with E-state index in [-0.39, 0.29) is 27.7 Å². The Morgan fingerprint density at radius 2 is 1.82 bits per heavy atom. The lowest BCUT2D eigenvalue weighted by molar-refractivity contribution is -0.122. The number of aromatic hydroxyl groups is 1. The van der Waals surface area contributed by atoms with E-state index in [1.54, 1.807) is 24.3 Å². The smallest absolute Gasteiger partial charge is 0.270 e. The third-order valence-corrected chi connectivity index (χ3v) is 4.56. The molecule has 1 saturated heterocycles. The molecule has 1 fully saturated rings. The fourth-order valence-electron chi connectivity index (χ4n) is 2.65. The summed E-state index contributed by atoms with van der Waals surface area (Å²) >= 11 is 11.0. The molecular weight excluding hydrogens is 404 g/mol. The highest BCUT2D eigenvalue weighted by atomic mass is 35.5. The van der Waals surface area contributed by atoms with Crippen LogP contribution in [0, 0.1) is 0 Å². The molecule has 0 unspecified atom stereocenters. The highest BCUT2D eigenvalue weighted by Crippen LogP contribution is 2.35. The topological polar surface area (TPSA) is 88.1 Å². The Morgan fingerprint density at radius 3 is 2.43 bits per heavy atom. The molecule has 9 heteroatoms. The predicted molar refractivity (Wildman–Crippen MR) is 109 cm³/mol. The number of hydrogen-bond donors (Lipinski definition) is 2. The van der Waals surface area contributed by atoms with E-state index in [0.717, 1.165) is 0 Å². The lowest BCUT2D eigenvalue weighted by Gasteiger charge is -2.29. The molecular formula is C19H15ClN2O5S. The van der Waals surface area contributed by atoms with Gasteiger partial charge in [-0.3, -0.25) is 19.8 Å². The van der Waals surface area contributed by atoms with Gasteiger partial charge in [-0.2, -0.15) is 0 Å². The number of thiocarbonyl (C=S) groups is 1. The summed E-state index contributed by atoms with van der Waals surface area (Å²) in [5.74, 6) is -0.947. The summed E-state index contributed by atoms with van der Waals surface area (Å²) in [4.78, 5) is 26.6. The number of benzene rings is 2. The SMILES string of the molecule is COc1cc(O)c(/C=C2/C(=O)NC(=S)N(c3ccc(Cl)cc3)C2=O)c(OC)c1. The molecule has 2 aromatic rings. The first-order valence-corrected chi connectivity index (χ1v) is 8.76. The van der Waals surface area contributed by atoms with E-state index < -0.39 is 11.8 Å². The summed E-state index contributed by atoms with van der Waals surface area (Å²) in [5.41, 5.74) is 0.379. The minimum Gasteiger partial charge on any atom is -0.507 e. The van der Waals surface area contributed by atoms with E-state index in [1.165, 1.54) is 37.3 Å². The van der Waals surface area contributed by atoms with Crippen LogP contribution in [-0.2, 0) is 9.59 Å². The van der Waals surface area contributed by atoms with Gasteiger partial charge in [0.05, 0.1) is 25.5 Å². The highest BCUT2D eigenvalue weighted by molar-refractivity contribution is 7.80. The number of methoxy groups -OCH3 is 2. The Hall–Kier alpha value is -3.10. The number of ether oxygens (including phenoxy) is 2. The van der Waals surface area contributed by atoms with Crippen molar-refractivity contribution in [3.05, 3.63) is 52.6 Å². The number of phenolic OH excluding ortho intramolecular Hbond substituents is 1. The molecule has 0 radical (unpaired) electrons. The van der Waals surface area contributed by atoms with Crippen molar-refractivity contribution in [3.63, 3.8) is 0 Å². The molecule has 0 spiro atoms. The van der Waals surface area contributed by atoms with Crippen LogP contribution in [0.5, 0.6) is 17.2 Å². The van der Waals surface area contributed by atoms with Crippen LogP contribution < -0.4 is 19.7 Å². The van der Waals surface area contributed by atoms with E-state index in [9.17, 15) is 14.7 Å². The zero-order valence-corrected chi connectivity index (χ0v) is 16.4. The fourth-order valence-corrected chi connectivity index (χ4v) is 3.05. The number of phenols is 1. The van der Waals surface area contributed by atoms with Crippen molar-refractivity contribution >= 4 is 52.5 Å². The van der Waals surface area contributed by atoms with Crippen LogP contribution in [0.4, 0.5) is 5.69 Å². The Kier molecular flexibility index (Phi) is 5.53. The number of rotatable bonds is 4. The van der Waals surface area contributed by atoms with Crippen LogP contribution in [0.2, 0.25) is 5.02 Å². The molecule has 144 valence electrons. The standard InChI is InChI=1S/C19H15ClN2O5S/c1-26-12-7-15(23)13(16(8-12)27-2)9-14-17(24)21-19(28)22(18(14)25)11-5-3-10(20)4-6-11/h3-9,23H,1-2H3,(H,21,24,28)/b14-9-. The van der Waals surface area contributed by atoms with Gasteiger partial charge in [0.1, 0.15) is 22.8 Å². The molecule has 2 aromatic carbocycles. The number of carbonyl (C=O) groups excluding carboxylic acids is 2. The quantitative estimate of drug-likeness (QED) is 0.451. The van der Waals surface area contributed by atoms with E-state index >= 15 is 0 Å². The van der Waals surface area contributed by atoms with Crippen LogP contribution in [-0.4, -0.2) is 36.3 Å². The van der Waals surface area contributed by atoms with Gasteiger partial charge in [0.2, 0.25) is 0 Å². The van der Waals surface area contributed by atoms with Crippen LogP contribution >= 0.6 is 23.8 Å². The highest BCUT2D eigenvalue weighted by Gasteiger charge is 2.35. The third-order valence-electron chi connectivity index (χ3n) is 4.02. The molecule has 0 saturated carbocycles. The van der Waals surface area contributed by atoms with E-state index in [2.05, 4.69) is 5.32 Å². The second kappa shape index (κ2) is 7.87. The maximum Gasteiger partial charge on any atom is 0.270 e. The van der Waals surface area contributed by atoms with E-state index in [4.69, 9.17) is 33.3 Å². The first-order valence-electron chi connectivity index (χ1n) is 7.97. The second-order valence-electron chi connectivity index (χ2n) is 5.70. The van der Waals surface area contributed by atoms with Gasteiger partial charge in [-0.1, -0.05) is 11.6 Å². The van der Waals surface area contributed by atoms with Gasteiger partial charge in [0, 0.05) is 17.2 Å². The largest absolute Gasteiger partial charge is 0.507 e. The number of nitrogens with zero attached hydrogens (tertiary/aromatic N) is 1. The Labute approximate surface area is 171 Å². The summed E-state index contributed by atoms with van der Waals surface area (Å²) in [6, 6.07) is 9.29. The molecule has 2 N–H and O–H groups in total. The van der Waals surface area contributed by atoms with Gasteiger partial charge in [-0.15, -0.1) is 0 Å². The summed E-state index contributed by atoms with van der Waals surface area (Å²) in [7, 11) is 2.84. The minimum absolute atomic E-state index is 0.0552. The van der Waals surface area contributed by atoms with Crippen LogP contribution in [0.25, 0.3) is 6.08 Å². The molecule has 0 aromatic heterocycles. The summed E-state index contributed by atoms with van der Waals surface area (Å²) < 4.78 is 10.3. The Balaban J connectivity index is 2.08. The van der Waals surface area contributed by atoms with Crippen LogP contribution in [0.15, 0.2) is 42.0 Å². The monoisotopic (exact) mass is 418 g/mol. The molecule has 0 aliphatic carbocycles. The van der Waals surface area contributed by atoms with Gasteiger partial charge in [-0.25, -0.2) is 0 Å². The average Bonchev–Trinajstić information content (AvgIpc) is 2.66. The summed E-state index contributed by atoms with van der Waals surface area (Å²) in [6.45, 7) is 0. The summed E-state index contributed by atoms with van der Waals surface area (Å²) in [6.07, 6.45) is 1.25. The molecule has 1 heterocycles. The second-order valence-corrected chi connectivity index (χ2v) is 6.52. The lowest BCUT2D eigenvalue weighted by atomic mass is 10.0. The maximum absolute atomic E-state index is 13.0. The molecule has 28 heavy (non-hydrogen) atoms. The van der Waals surface area contributed by atoms with Gasteiger partial charge >= 0.3 is 0 Å². The van der Waals surface area contributed by atoms with Crippen molar-refractivity contribution in [3.8, 4) is 17.2 Å². The number of carbonyl (C=O) groups is 2. The molecule has 1 aliphatic heterocycles. The maximum atomic E-state index is 13.0. The van der Waals surface area contributed by atoms with Gasteiger partial charge in [0.25, 0.3) is 11.8 Å². The first-order chi connectivity index (χ1) is 13.3. The van der Waals surface area contributed by atoms with Gasteiger partial charge in [0.15, 0.2) is 5.11 Å². The van der Waals surface area contributed by atoms with Crippen molar-refractivity contribution in [2.24, 2.45) is 0 Å². The molecule has 1 aliphatic rings. The number of amides is 2. The normalized spacial score (nSPS) is 15.6. The number of anilines is 1. The zero-order chi connectivity index (χ0) is 20.4. The average molecular weight is 419 g/mol. The van der Waals surface area contributed by atoms with E-state index in [0.29, 0.717) is 16.5 Å². The van der Waals surface area contributed by atoms with Crippen molar-refractivity contribution < 1.29 is 24.2 Å². The number of nitrogens with one attached hydrogen (secondary N) is 1. The molecule has 0 atom stereocenters. The van der Waals surface area contributed by atoms with Gasteiger partial charge in [-0.05, 0) is 42.6 Å². The first kappa shape index (κ1) is 19.7. The molecule has 0 bridgehead atoms. The van der Waals surface area contributed by atoms with Crippen molar-refractivity contribution in [1.82, 2.24) is 5.32 Å². The third kappa shape index (κ3) is 3.64. The minimum atomic E-state index is -0.683. The number of halogens is 1. The molecule has 7 nitrogen and oxygen atoms in total. The molecule has 3 rings (SSSR count). The van der Waals surface area contributed by atoms with E-state index in [1.807, 2.05) is 0 Å². The van der Waals surface area contributed by atoms with Crippen LogP contribution in [0.1, 0.15) is 5.56 Å². The lowest BCUT2D eigenvalue weighted by Crippen LogP contribution is -2.54. The Morgan fingerprint density at radius 1 is 1.14 bits per heavy atom. The zero-order valence-electron chi connectivity index (χ0n) is 14.9. The van der Waals surface area contributed by atoms with Crippen molar-refractivity contribution in [1.29, 1.82) is 0 Å².